The third kappa shape index (κ3) is 2.98. The van der Waals surface area contributed by atoms with Gasteiger partial charge < -0.3 is 10.2 Å². The van der Waals surface area contributed by atoms with Gasteiger partial charge in [-0.3, -0.25) is 4.57 Å². The minimum absolute atomic E-state index is 0.151. The Balaban J connectivity index is 2.24. The van der Waals surface area contributed by atoms with Gasteiger partial charge in [0.15, 0.2) is 11.8 Å². The van der Waals surface area contributed by atoms with Gasteiger partial charge in [-0.25, -0.2) is 0 Å². The van der Waals surface area contributed by atoms with Crippen molar-refractivity contribution in [2.45, 2.75) is 45.6 Å². The normalized spacial score (nSPS) is 10.6. The monoisotopic (exact) mass is 197 g/mol. The van der Waals surface area contributed by atoms with Crippen LogP contribution in [0.2, 0.25) is 0 Å². The van der Waals surface area contributed by atoms with Crippen LogP contribution in [0.15, 0.2) is 12.1 Å². The van der Waals surface area contributed by atoms with Gasteiger partial charge in [0.1, 0.15) is 0 Å². The molecule has 0 aliphatic heterocycles. The fourth-order valence-electron chi connectivity index (χ4n) is 1.55. The lowest BCUT2D eigenvalue weighted by Gasteiger charge is -2.05. The van der Waals surface area contributed by atoms with E-state index < -0.39 is 0 Å². The molecule has 80 valence electrons. The molecule has 1 rings (SSSR count). The van der Waals surface area contributed by atoms with Crippen molar-refractivity contribution in [3.63, 3.8) is 0 Å². The Hall–Kier alpha value is -1.12. The van der Waals surface area contributed by atoms with Gasteiger partial charge in [0.05, 0.1) is 0 Å². The summed E-state index contributed by atoms with van der Waals surface area (Å²) in [5, 5.41) is 18.7. The Bertz CT molecular complexity index is 249. The van der Waals surface area contributed by atoms with Crippen LogP contribution in [-0.4, -0.2) is 14.8 Å². The van der Waals surface area contributed by atoms with Crippen LogP contribution in [0.3, 0.4) is 0 Å². The van der Waals surface area contributed by atoms with Crippen molar-refractivity contribution in [1.82, 2.24) is 4.57 Å². The molecule has 0 unspecified atom stereocenters. The minimum Gasteiger partial charge on any atom is -0.494 e. The lowest BCUT2D eigenvalue weighted by Crippen LogP contribution is -1.96. The molecule has 0 aliphatic rings. The molecule has 2 N–H and O–H groups in total. The van der Waals surface area contributed by atoms with Crippen molar-refractivity contribution in [2.75, 3.05) is 0 Å². The molecule has 0 fully saturated rings. The highest BCUT2D eigenvalue weighted by atomic mass is 16.3. The van der Waals surface area contributed by atoms with E-state index in [9.17, 15) is 10.2 Å². The van der Waals surface area contributed by atoms with Crippen LogP contribution in [0.5, 0.6) is 11.8 Å². The Morgan fingerprint density at radius 3 is 2.14 bits per heavy atom. The van der Waals surface area contributed by atoms with Gasteiger partial charge in [-0.15, -0.1) is 0 Å². The zero-order valence-corrected chi connectivity index (χ0v) is 8.74. The van der Waals surface area contributed by atoms with Gasteiger partial charge in [-0.2, -0.15) is 0 Å². The second-order valence-electron chi connectivity index (χ2n) is 3.62. The van der Waals surface area contributed by atoms with Gasteiger partial charge in [0, 0.05) is 18.7 Å². The van der Waals surface area contributed by atoms with Crippen LogP contribution in [0.25, 0.3) is 0 Å². The molecule has 1 aromatic rings. The van der Waals surface area contributed by atoms with E-state index in [0.29, 0.717) is 6.54 Å². The van der Waals surface area contributed by atoms with Gasteiger partial charge >= 0.3 is 0 Å². The average molecular weight is 197 g/mol. The van der Waals surface area contributed by atoms with E-state index >= 15 is 0 Å². The van der Waals surface area contributed by atoms with Crippen molar-refractivity contribution >= 4 is 0 Å². The molecule has 0 saturated heterocycles. The van der Waals surface area contributed by atoms with Crippen molar-refractivity contribution in [3.8, 4) is 11.8 Å². The van der Waals surface area contributed by atoms with Gasteiger partial charge in [-0.05, 0) is 6.42 Å². The van der Waals surface area contributed by atoms with Crippen LogP contribution in [0, 0.1) is 0 Å². The predicted molar refractivity (Wildman–Crippen MR) is 56.5 cm³/mol. The Morgan fingerprint density at radius 2 is 1.57 bits per heavy atom. The molecule has 0 bridgehead atoms. The molecule has 0 saturated carbocycles. The van der Waals surface area contributed by atoms with E-state index in [4.69, 9.17) is 0 Å². The average Bonchev–Trinajstić information content (AvgIpc) is 2.48. The van der Waals surface area contributed by atoms with Gasteiger partial charge in [0.2, 0.25) is 0 Å². The fourth-order valence-corrected chi connectivity index (χ4v) is 1.55. The quantitative estimate of drug-likeness (QED) is 0.689. The molecule has 1 heterocycles. The Kier molecular flexibility index (Phi) is 4.36. The number of nitrogens with zero attached hydrogens (tertiary/aromatic N) is 1. The van der Waals surface area contributed by atoms with Crippen molar-refractivity contribution in [1.29, 1.82) is 0 Å². The van der Waals surface area contributed by atoms with Gasteiger partial charge in [-0.1, -0.05) is 32.6 Å². The van der Waals surface area contributed by atoms with E-state index in [1.807, 2.05) is 0 Å². The highest BCUT2D eigenvalue weighted by Crippen LogP contribution is 2.21. The maximum Gasteiger partial charge on any atom is 0.193 e. The zero-order chi connectivity index (χ0) is 10.4. The van der Waals surface area contributed by atoms with Crippen LogP contribution in [-0.2, 0) is 6.54 Å². The highest BCUT2D eigenvalue weighted by molar-refractivity contribution is 5.23. The molecule has 0 amide bonds. The minimum atomic E-state index is 0.151. The summed E-state index contributed by atoms with van der Waals surface area (Å²) in [4.78, 5) is 0. The topological polar surface area (TPSA) is 45.4 Å². The maximum absolute atomic E-state index is 9.34. The molecule has 0 spiro atoms. The molecule has 0 atom stereocenters. The second kappa shape index (κ2) is 5.58. The number of rotatable bonds is 6. The summed E-state index contributed by atoms with van der Waals surface area (Å²) in [5.41, 5.74) is 0. The van der Waals surface area contributed by atoms with E-state index in [1.54, 1.807) is 0 Å². The first kappa shape index (κ1) is 11.0. The Morgan fingerprint density at radius 1 is 1.00 bits per heavy atom. The van der Waals surface area contributed by atoms with Crippen LogP contribution >= 0.6 is 0 Å². The molecule has 14 heavy (non-hydrogen) atoms. The third-order valence-corrected chi connectivity index (χ3v) is 2.42. The van der Waals surface area contributed by atoms with Crippen LogP contribution < -0.4 is 0 Å². The fraction of sp³-hybridized carbons (Fsp3) is 0.636. The summed E-state index contributed by atoms with van der Waals surface area (Å²) in [6.45, 7) is 2.89. The SMILES string of the molecule is CCCCCCCn1c(O)ccc1O. The summed E-state index contributed by atoms with van der Waals surface area (Å²) in [6, 6.07) is 3.03. The molecule has 3 heteroatoms. The number of hydrogen-bond acceptors (Lipinski definition) is 2. The molecule has 1 aromatic heterocycles. The van der Waals surface area contributed by atoms with E-state index in [0.717, 1.165) is 12.8 Å². The van der Waals surface area contributed by atoms with Crippen LogP contribution in [0.1, 0.15) is 39.0 Å². The Labute approximate surface area is 85.0 Å². The smallest absolute Gasteiger partial charge is 0.193 e. The number of hydrogen-bond donors (Lipinski definition) is 2. The summed E-state index contributed by atoms with van der Waals surface area (Å²) in [5.74, 6) is 0.302. The number of aromatic nitrogens is 1. The molecule has 0 aliphatic carbocycles. The first-order valence-electron chi connectivity index (χ1n) is 5.33. The summed E-state index contributed by atoms with van der Waals surface area (Å²) >= 11 is 0. The first-order valence-corrected chi connectivity index (χ1v) is 5.33. The van der Waals surface area contributed by atoms with Crippen molar-refractivity contribution in [3.05, 3.63) is 12.1 Å². The lowest BCUT2D eigenvalue weighted by molar-refractivity contribution is 0.361. The second-order valence-corrected chi connectivity index (χ2v) is 3.62. The third-order valence-electron chi connectivity index (χ3n) is 2.42. The molecular formula is C11H19NO2. The van der Waals surface area contributed by atoms with Crippen molar-refractivity contribution < 1.29 is 10.2 Å². The number of aromatic hydroxyl groups is 2. The van der Waals surface area contributed by atoms with Gasteiger partial charge in [0.25, 0.3) is 0 Å². The largest absolute Gasteiger partial charge is 0.494 e. The standard InChI is InChI=1S/C11H19NO2/c1-2-3-4-5-6-9-12-10(13)7-8-11(12)14/h7-8,13-14H,2-6,9H2,1H3. The van der Waals surface area contributed by atoms with E-state index in [-0.39, 0.29) is 11.8 Å². The van der Waals surface area contributed by atoms with E-state index in [1.165, 1.54) is 36.0 Å². The first-order chi connectivity index (χ1) is 6.75. The van der Waals surface area contributed by atoms with E-state index in [2.05, 4.69) is 6.92 Å². The molecule has 0 radical (unpaired) electrons. The number of unbranched alkanes of at least 4 members (excludes halogenated alkanes) is 4. The summed E-state index contributed by atoms with van der Waals surface area (Å²) in [6.07, 6.45) is 5.91. The maximum atomic E-state index is 9.34. The predicted octanol–water partition coefficient (Wildman–Crippen LogP) is 2.87. The zero-order valence-electron chi connectivity index (χ0n) is 8.74. The highest BCUT2D eigenvalue weighted by Gasteiger charge is 2.03. The van der Waals surface area contributed by atoms with Crippen LogP contribution in [0.4, 0.5) is 0 Å². The molecule has 3 nitrogen and oxygen atoms in total. The molecule has 0 aromatic carbocycles. The lowest BCUT2D eigenvalue weighted by atomic mass is 10.1. The van der Waals surface area contributed by atoms with Crippen molar-refractivity contribution in [2.24, 2.45) is 0 Å². The summed E-state index contributed by atoms with van der Waals surface area (Å²) < 4.78 is 1.53. The summed E-state index contributed by atoms with van der Waals surface area (Å²) in [7, 11) is 0. The molecular weight excluding hydrogens is 178 g/mol.